The molecule has 4 nitrogen and oxygen atoms in total. The highest BCUT2D eigenvalue weighted by molar-refractivity contribution is 5.76. The summed E-state index contributed by atoms with van der Waals surface area (Å²) in [6.07, 6.45) is 3.47. The van der Waals surface area contributed by atoms with E-state index in [-0.39, 0.29) is 11.3 Å². The van der Waals surface area contributed by atoms with E-state index < -0.39 is 0 Å². The van der Waals surface area contributed by atoms with Crippen LogP contribution < -0.4 is 10.6 Å². The third-order valence-electron chi connectivity index (χ3n) is 2.98. The summed E-state index contributed by atoms with van der Waals surface area (Å²) in [5.41, 5.74) is -0.220. The van der Waals surface area contributed by atoms with Gasteiger partial charge in [0, 0.05) is 19.0 Å². The van der Waals surface area contributed by atoms with Crippen molar-refractivity contribution in [2.24, 2.45) is 5.41 Å². The second-order valence-corrected chi connectivity index (χ2v) is 5.09. The van der Waals surface area contributed by atoms with Crippen LogP contribution in [0.3, 0.4) is 0 Å². The van der Waals surface area contributed by atoms with Gasteiger partial charge < -0.3 is 10.6 Å². The first-order chi connectivity index (χ1) is 7.53. The minimum atomic E-state index is -0.220. The van der Waals surface area contributed by atoms with E-state index in [0.717, 1.165) is 32.4 Å². The van der Waals surface area contributed by atoms with E-state index in [4.69, 9.17) is 5.26 Å². The van der Waals surface area contributed by atoms with Gasteiger partial charge in [0.05, 0.1) is 11.5 Å². The topological polar surface area (TPSA) is 64.9 Å². The molecule has 1 rings (SSSR count). The van der Waals surface area contributed by atoms with Crippen LogP contribution >= 0.6 is 0 Å². The van der Waals surface area contributed by atoms with Crippen LogP contribution in [-0.4, -0.2) is 25.0 Å². The number of nitrogens with zero attached hydrogens (tertiary/aromatic N) is 1. The van der Waals surface area contributed by atoms with Gasteiger partial charge in [-0.3, -0.25) is 4.79 Å². The van der Waals surface area contributed by atoms with Gasteiger partial charge in [0.2, 0.25) is 5.91 Å². The van der Waals surface area contributed by atoms with Gasteiger partial charge in [0.15, 0.2) is 0 Å². The van der Waals surface area contributed by atoms with Crippen LogP contribution in [0, 0.1) is 16.7 Å². The van der Waals surface area contributed by atoms with E-state index >= 15 is 0 Å². The lowest BCUT2D eigenvalue weighted by atomic mass is 9.90. The molecule has 16 heavy (non-hydrogen) atoms. The molecule has 1 amide bonds. The molecule has 4 heteroatoms. The zero-order valence-corrected chi connectivity index (χ0v) is 10.2. The Kier molecular flexibility index (Phi) is 4.75. The number of nitriles is 1. The maximum atomic E-state index is 10.9. The van der Waals surface area contributed by atoms with Crippen molar-refractivity contribution in [3.8, 4) is 6.07 Å². The molecule has 1 aliphatic rings. The Morgan fingerprint density at radius 3 is 2.94 bits per heavy atom. The summed E-state index contributed by atoms with van der Waals surface area (Å²) in [6.45, 7) is 5.59. The van der Waals surface area contributed by atoms with Crippen LogP contribution in [0.15, 0.2) is 0 Å². The second-order valence-electron chi connectivity index (χ2n) is 5.09. The van der Waals surface area contributed by atoms with Gasteiger partial charge in [-0.2, -0.15) is 5.26 Å². The third kappa shape index (κ3) is 4.63. The summed E-state index contributed by atoms with van der Waals surface area (Å²) >= 11 is 0. The van der Waals surface area contributed by atoms with Crippen LogP contribution in [0.5, 0.6) is 0 Å². The van der Waals surface area contributed by atoms with Crippen molar-refractivity contribution in [2.75, 3.05) is 13.1 Å². The Bertz CT molecular complexity index is 270. The molecule has 90 valence electrons. The summed E-state index contributed by atoms with van der Waals surface area (Å²) in [4.78, 5) is 10.9. The maximum absolute atomic E-state index is 10.9. The van der Waals surface area contributed by atoms with Gasteiger partial charge in [0.25, 0.3) is 0 Å². The van der Waals surface area contributed by atoms with Crippen LogP contribution in [0.2, 0.25) is 0 Å². The molecule has 0 aromatic rings. The van der Waals surface area contributed by atoms with Crippen molar-refractivity contribution >= 4 is 5.91 Å². The highest BCUT2D eigenvalue weighted by atomic mass is 16.1. The Morgan fingerprint density at radius 2 is 2.38 bits per heavy atom. The standard InChI is InChI=1S/C12H21N3O/c1-12(2,9-13)6-3-7-14-10-4-5-11(16)15-8-10/h10,14H,3-8H2,1-2H3,(H,15,16). The molecule has 0 aromatic heterocycles. The number of rotatable bonds is 5. The lowest BCUT2D eigenvalue weighted by Gasteiger charge is -2.24. The molecule has 1 heterocycles. The van der Waals surface area contributed by atoms with E-state index in [0.29, 0.717) is 12.5 Å². The lowest BCUT2D eigenvalue weighted by molar-refractivity contribution is -0.122. The first kappa shape index (κ1) is 13.0. The fourth-order valence-corrected chi connectivity index (χ4v) is 1.80. The fraction of sp³-hybridized carbons (Fsp3) is 0.833. The molecule has 1 atom stereocenters. The Hall–Kier alpha value is -1.08. The number of amides is 1. The third-order valence-corrected chi connectivity index (χ3v) is 2.98. The normalized spacial score (nSPS) is 21.3. The van der Waals surface area contributed by atoms with Crippen LogP contribution in [0.1, 0.15) is 39.5 Å². The predicted molar refractivity (Wildman–Crippen MR) is 62.7 cm³/mol. The van der Waals surface area contributed by atoms with Crippen molar-refractivity contribution in [3.63, 3.8) is 0 Å². The summed E-state index contributed by atoms with van der Waals surface area (Å²) < 4.78 is 0. The summed E-state index contributed by atoms with van der Waals surface area (Å²) in [5, 5.41) is 15.1. The second kappa shape index (κ2) is 5.86. The molecular formula is C12H21N3O. The Morgan fingerprint density at radius 1 is 1.62 bits per heavy atom. The number of carbonyl (C=O) groups excluding carboxylic acids is 1. The summed E-state index contributed by atoms with van der Waals surface area (Å²) in [5.74, 6) is 0.156. The highest BCUT2D eigenvalue weighted by Gasteiger charge is 2.18. The van der Waals surface area contributed by atoms with Gasteiger partial charge in [0.1, 0.15) is 0 Å². The van der Waals surface area contributed by atoms with Gasteiger partial charge in [-0.05, 0) is 39.7 Å². The van der Waals surface area contributed by atoms with Gasteiger partial charge in [-0.25, -0.2) is 0 Å². The molecule has 1 fully saturated rings. The average molecular weight is 223 g/mol. The van der Waals surface area contributed by atoms with E-state index in [1.165, 1.54) is 0 Å². The van der Waals surface area contributed by atoms with Crippen LogP contribution in [-0.2, 0) is 4.79 Å². The molecule has 1 aliphatic heterocycles. The Balaban J connectivity index is 2.08. The molecular weight excluding hydrogens is 202 g/mol. The fourth-order valence-electron chi connectivity index (χ4n) is 1.80. The minimum Gasteiger partial charge on any atom is -0.355 e. The van der Waals surface area contributed by atoms with E-state index in [2.05, 4.69) is 16.7 Å². The minimum absolute atomic E-state index is 0.156. The molecule has 0 aliphatic carbocycles. The van der Waals surface area contributed by atoms with Gasteiger partial charge in [-0.15, -0.1) is 0 Å². The average Bonchev–Trinajstić information content (AvgIpc) is 2.27. The van der Waals surface area contributed by atoms with Gasteiger partial charge >= 0.3 is 0 Å². The number of carbonyl (C=O) groups is 1. The Labute approximate surface area is 97.4 Å². The smallest absolute Gasteiger partial charge is 0.220 e. The first-order valence-electron chi connectivity index (χ1n) is 5.95. The zero-order valence-electron chi connectivity index (χ0n) is 10.2. The first-order valence-corrected chi connectivity index (χ1v) is 5.95. The van der Waals surface area contributed by atoms with E-state index in [1.54, 1.807) is 0 Å². The molecule has 0 aromatic carbocycles. The predicted octanol–water partition coefficient (Wildman–Crippen LogP) is 1.18. The molecule has 0 radical (unpaired) electrons. The van der Waals surface area contributed by atoms with Crippen LogP contribution in [0.4, 0.5) is 0 Å². The molecule has 0 bridgehead atoms. The molecule has 1 unspecified atom stereocenters. The quantitative estimate of drug-likeness (QED) is 0.688. The largest absolute Gasteiger partial charge is 0.355 e. The summed E-state index contributed by atoms with van der Waals surface area (Å²) in [6, 6.07) is 2.71. The van der Waals surface area contributed by atoms with Gasteiger partial charge in [-0.1, -0.05) is 0 Å². The SMILES string of the molecule is CC(C)(C#N)CCCNC1CCC(=O)NC1. The van der Waals surface area contributed by atoms with Crippen LogP contribution in [0.25, 0.3) is 0 Å². The maximum Gasteiger partial charge on any atom is 0.220 e. The number of piperidine rings is 1. The highest BCUT2D eigenvalue weighted by Crippen LogP contribution is 2.20. The number of hydrogen-bond donors (Lipinski definition) is 2. The monoisotopic (exact) mass is 223 g/mol. The number of hydrogen-bond acceptors (Lipinski definition) is 3. The molecule has 2 N–H and O–H groups in total. The zero-order chi connectivity index (χ0) is 12.0. The van der Waals surface area contributed by atoms with Crippen molar-refractivity contribution in [2.45, 2.75) is 45.6 Å². The number of nitrogens with one attached hydrogen (secondary N) is 2. The van der Waals surface area contributed by atoms with Crippen molar-refractivity contribution in [3.05, 3.63) is 0 Å². The molecule has 1 saturated heterocycles. The van der Waals surface area contributed by atoms with E-state index in [1.807, 2.05) is 13.8 Å². The summed E-state index contributed by atoms with van der Waals surface area (Å²) in [7, 11) is 0. The molecule has 0 spiro atoms. The van der Waals surface area contributed by atoms with Crippen molar-refractivity contribution in [1.29, 1.82) is 5.26 Å². The lowest BCUT2D eigenvalue weighted by Crippen LogP contribution is -2.45. The van der Waals surface area contributed by atoms with Crippen molar-refractivity contribution in [1.82, 2.24) is 10.6 Å². The molecule has 0 saturated carbocycles. The van der Waals surface area contributed by atoms with Crippen molar-refractivity contribution < 1.29 is 4.79 Å². The van der Waals surface area contributed by atoms with E-state index in [9.17, 15) is 4.79 Å².